The Balaban J connectivity index is 1.57. The van der Waals surface area contributed by atoms with Crippen molar-refractivity contribution in [2.24, 2.45) is 11.7 Å². The first-order valence-electron chi connectivity index (χ1n) is 8.27. The van der Waals surface area contributed by atoms with Crippen LogP contribution in [-0.4, -0.2) is 18.4 Å². The first kappa shape index (κ1) is 14.6. The summed E-state index contributed by atoms with van der Waals surface area (Å²) in [6.45, 7) is 0.786. The minimum atomic E-state index is 0.0772. The fourth-order valence-electron chi connectivity index (χ4n) is 3.58. The molecule has 0 spiro atoms. The Labute approximate surface area is 126 Å². The molecule has 0 saturated heterocycles. The molecule has 2 atom stereocenters. The van der Waals surface area contributed by atoms with Gasteiger partial charge < -0.3 is 10.5 Å². The van der Waals surface area contributed by atoms with Crippen molar-refractivity contribution >= 4 is 5.78 Å². The van der Waals surface area contributed by atoms with Crippen LogP contribution in [0.15, 0.2) is 18.2 Å². The van der Waals surface area contributed by atoms with Crippen molar-refractivity contribution < 1.29 is 9.53 Å². The van der Waals surface area contributed by atoms with Gasteiger partial charge in [0, 0.05) is 24.8 Å². The van der Waals surface area contributed by atoms with E-state index in [0.29, 0.717) is 12.2 Å². The standard InChI is InChI=1S/C18H25NO2/c19-16-5-3-1-2-4-15(16)17(20)8-6-13-7-9-18-14(12-13)10-11-21-18/h7,9,12,15-16H,1-6,8,10-11,19H2. The maximum Gasteiger partial charge on any atom is 0.137 e. The second-order valence-corrected chi connectivity index (χ2v) is 6.42. The van der Waals surface area contributed by atoms with Crippen LogP contribution in [0.1, 0.15) is 49.7 Å². The van der Waals surface area contributed by atoms with Crippen molar-refractivity contribution in [3.8, 4) is 5.75 Å². The molecule has 2 unspecified atom stereocenters. The van der Waals surface area contributed by atoms with Crippen molar-refractivity contribution in [1.29, 1.82) is 0 Å². The van der Waals surface area contributed by atoms with Gasteiger partial charge in [-0.3, -0.25) is 4.79 Å². The number of fused-ring (bicyclic) bond motifs is 1. The van der Waals surface area contributed by atoms with Crippen molar-refractivity contribution in [1.82, 2.24) is 0 Å². The highest BCUT2D eigenvalue weighted by Gasteiger charge is 2.26. The van der Waals surface area contributed by atoms with E-state index < -0.39 is 0 Å². The first-order valence-corrected chi connectivity index (χ1v) is 8.27. The number of rotatable bonds is 4. The number of ketones is 1. The number of Topliss-reactive ketones (excluding diaryl/α,β-unsaturated/α-hetero) is 1. The van der Waals surface area contributed by atoms with E-state index in [9.17, 15) is 4.79 Å². The van der Waals surface area contributed by atoms with E-state index in [1.807, 2.05) is 6.07 Å². The van der Waals surface area contributed by atoms with Crippen LogP contribution < -0.4 is 10.5 Å². The molecule has 1 aliphatic carbocycles. The second-order valence-electron chi connectivity index (χ2n) is 6.42. The molecule has 3 rings (SSSR count). The molecular weight excluding hydrogens is 262 g/mol. The number of carbonyl (C=O) groups excluding carboxylic acids is 1. The predicted octanol–water partition coefficient (Wildman–Crippen LogP) is 3.03. The summed E-state index contributed by atoms with van der Waals surface area (Å²) in [7, 11) is 0. The minimum absolute atomic E-state index is 0.0772. The van der Waals surface area contributed by atoms with Crippen LogP contribution >= 0.6 is 0 Å². The molecule has 3 heteroatoms. The van der Waals surface area contributed by atoms with Gasteiger partial charge in [0.15, 0.2) is 0 Å². The minimum Gasteiger partial charge on any atom is -0.493 e. The molecule has 0 bridgehead atoms. The molecule has 21 heavy (non-hydrogen) atoms. The Morgan fingerprint density at radius 3 is 3.00 bits per heavy atom. The van der Waals surface area contributed by atoms with Crippen LogP contribution in [0.25, 0.3) is 0 Å². The molecule has 1 aliphatic heterocycles. The molecule has 1 heterocycles. The fourth-order valence-corrected chi connectivity index (χ4v) is 3.58. The van der Waals surface area contributed by atoms with Gasteiger partial charge in [-0.25, -0.2) is 0 Å². The summed E-state index contributed by atoms with van der Waals surface area (Å²) in [6, 6.07) is 6.40. The highest BCUT2D eigenvalue weighted by Crippen LogP contribution is 2.27. The molecule has 114 valence electrons. The predicted molar refractivity (Wildman–Crippen MR) is 83.5 cm³/mol. The van der Waals surface area contributed by atoms with Gasteiger partial charge in [-0.2, -0.15) is 0 Å². The zero-order valence-electron chi connectivity index (χ0n) is 12.6. The summed E-state index contributed by atoms with van der Waals surface area (Å²) in [6.07, 6.45) is 7.99. The average molecular weight is 287 g/mol. The lowest BCUT2D eigenvalue weighted by molar-refractivity contribution is -0.123. The first-order chi connectivity index (χ1) is 10.2. The Morgan fingerprint density at radius 1 is 1.24 bits per heavy atom. The van der Waals surface area contributed by atoms with Gasteiger partial charge in [0.05, 0.1) is 6.61 Å². The largest absolute Gasteiger partial charge is 0.493 e. The summed E-state index contributed by atoms with van der Waals surface area (Å²) in [5, 5.41) is 0. The molecule has 1 saturated carbocycles. The summed E-state index contributed by atoms with van der Waals surface area (Å²) < 4.78 is 5.52. The maximum absolute atomic E-state index is 12.5. The number of ether oxygens (including phenoxy) is 1. The average Bonchev–Trinajstić information content (AvgIpc) is 2.85. The van der Waals surface area contributed by atoms with Gasteiger partial charge in [0.2, 0.25) is 0 Å². The van der Waals surface area contributed by atoms with Crippen molar-refractivity contribution in [3.63, 3.8) is 0 Å². The third kappa shape index (κ3) is 3.46. The molecule has 1 fully saturated rings. The molecule has 0 aromatic heterocycles. The fraction of sp³-hybridized carbons (Fsp3) is 0.611. The second kappa shape index (κ2) is 6.61. The number of benzene rings is 1. The summed E-state index contributed by atoms with van der Waals surface area (Å²) >= 11 is 0. The molecule has 1 aromatic carbocycles. The van der Waals surface area contributed by atoms with Gasteiger partial charge in [-0.15, -0.1) is 0 Å². The van der Waals surface area contributed by atoms with E-state index in [4.69, 9.17) is 10.5 Å². The zero-order valence-corrected chi connectivity index (χ0v) is 12.6. The lowest BCUT2D eigenvalue weighted by Crippen LogP contribution is -2.34. The summed E-state index contributed by atoms with van der Waals surface area (Å²) in [5.41, 5.74) is 8.71. The number of hydrogen-bond donors (Lipinski definition) is 1. The van der Waals surface area contributed by atoms with E-state index in [1.165, 1.54) is 24.0 Å². The Bertz CT molecular complexity index is 512. The zero-order chi connectivity index (χ0) is 14.7. The molecular formula is C18H25NO2. The molecule has 0 amide bonds. The molecule has 1 aromatic rings. The molecule has 0 radical (unpaired) electrons. The van der Waals surface area contributed by atoms with Crippen LogP contribution in [0.2, 0.25) is 0 Å². The number of aryl methyl sites for hydroxylation is 1. The summed E-state index contributed by atoms with van der Waals surface area (Å²) in [5.74, 6) is 1.46. The van der Waals surface area contributed by atoms with E-state index in [2.05, 4.69) is 12.1 Å². The van der Waals surface area contributed by atoms with Crippen LogP contribution in [-0.2, 0) is 17.6 Å². The van der Waals surface area contributed by atoms with Crippen molar-refractivity contribution in [2.75, 3.05) is 6.61 Å². The highest BCUT2D eigenvalue weighted by molar-refractivity contribution is 5.82. The van der Waals surface area contributed by atoms with E-state index in [0.717, 1.165) is 44.5 Å². The van der Waals surface area contributed by atoms with Crippen molar-refractivity contribution in [3.05, 3.63) is 29.3 Å². The monoisotopic (exact) mass is 287 g/mol. The van der Waals surface area contributed by atoms with Crippen LogP contribution in [0, 0.1) is 5.92 Å². The molecule has 2 N–H and O–H groups in total. The third-order valence-corrected chi connectivity index (χ3v) is 4.90. The highest BCUT2D eigenvalue weighted by atomic mass is 16.5. The third-order valence-electron chi connectivity index (χ3n) is 4.90. The van der Waals surface area contributed by atoms with E-state index in [-0.39, 0.29) is 12.0 Å². The number of nitrogens with two attached hydrogens (primary N) is 1. The quantitative estimate of drug-likeness (QED) is 0.866. The Hall–Kier alpha value is -1.35. The topological polar surface area (TPSA) is 52.3 Å². The smallest absolute Gasteiger partial charge is 0.137 e. The van der Waals surface area contributed by atoms with Gasteiger partial charge in [0.25, 0.3) is 0 Å². The Kier molecular flexibility index (Phi) is 4.59. The van der Waals surface area contributed by atoms with Crippen LogP contribution in [0.5, 0.6) is 5.75 Å². The SMILES string of the molecule is NC1CCCCCC1C(=O)CCc1ccc2c(c1)CCO2. The number of carbonyl (C=O) groups is 1. The Morgan fingerprint density at radius 2 is 2.10 bits per heavy atom. The van der Waals surface area contributed by atoms with Crippen LogP contribution in [0.4, 0.5) is 0 Å². The van der Waals surface area contributed by atoms with E-state index >= 15 is 0 Å². The van der Waals surface area contributed by atoms with Crippen molar-refractivity contribution in [2.45, 2.75) is 57.4 Å². The van der Waals surface area contributed by atoms with Gasteiger partial charge >= 0.3 is 0 Å². The molecule has 3 nitrogen and oxygen atoms in total. The van der Waals surface area contributed by atoms with Crippen LogP contribution in [0.3, 0.4) is 0 Å². The maximum atomic E-state index is 12.5. The van der Waals surface area contributed by atoms with Gasteiger partial charge in [0.1, 0.15) is 11.5 Å². The lowest BCUT2D eigenvalue weighted by atomic mass is 9.88. The van der Waals surface area contributed by atoms with E-state index in [1.54, 1.807) is 0 Å². The number of hydrogen-bond acceptors (Lipinski definition) is 3. The summed E-state index contributed by atoms with van der Waals surface area (Å²) in [4.78, 5) is 12.5. The lowest BCUT2D eigenvalue weighted by Gasteiger charge is -2.20. The van der Waals surface area contributed by atoms with Gasteiger partial charge in [-0.1, -0.05) is 31.4 Å². The molecule has 2 aliphatic rings. The normalized spacial score (nSPS) is 25.0. The van der Waals surface area contributed by atoms with Gasteiger partial charge in [-0.05, 0) is 36.5 Å².